The number of para-hydroxylation sites is 2. The molecule has 1 unspecified atom stereocenters. The van der Waals surface area contributed by atoms with E-state index in [1.54, 1.807) is 12.4 Å². The summed E-state index contributed by atoms with van der Waals surface area (Å²) >= 11 is 0. The van der Waals surface area contributed by atoms with Crippen LogP contribution in [0.2, 0.25) is 0 Å². The fraction of sp³-hybridized carbons (Fsp3) is 0.208. The summed E-state index contributed by atoms with van der Waals surface area (Å²) in [5.41, 5.74) is 2.74. The molecular weight excluding hydrogens is 376 g/mol. The number of benzene rings is 2. The fourth-order valence-corrected chi connectivity index (χ4v) is 3.81. The van der Waals surface area contributed by atoms with Gasteiger partial charge in [0.25, 0.3) is 5.89 Å². The molecule has 1 saturated heterocycles. The van der Waals surface area contributed by atoms with Crippen LogP contribution in [0.5, 0.6) is 11.5 Å². The van der Waals surface area contributed by atoms with Crippen LogP contribution in [0.1, 0.15) is 13.3 Å². The number of aromatic nitrogens is 3. The van der Waals surface area contributed by atoms with Crippen LogP contribution in [0, 0.1) is 5.92 Å². The van der Waals surface area contributed by atoms with Gasteiger partial charge in [0, 0.05) is 31.0 Å². The summed E-state index contributed by atoms with van der Waals surface area (Å²) in [6, 6.07) is 19.5. The van der Waals surface area contributed by atoms with Gasteiger partial charge in [0.05, 0.1) is 11.3 Å². The molecule has 0 aliphatic carbocycles. The molecule has 30 heavy (non-hydrogen) atoms. The quantitative estimate of drug-likeness (QED) is 0.446. The second-order valence-electron chi connectivity index (χ2n) is 7.57. The highest BCUT2D eigenvalue weighted by molar-refractivity contribution is 5.80. The van der Waals surface area contributed by atoms with E-state index in [1.165, 1.54) is 0 Å². The van der Waals surface area contributed by atoms with Crippen LogP contribution in [-0.4, -0.2) is 28.2 Å². The molecule has 0 N–H and O–H groups in total. The number of nitrogens with zero attached hydrogens (tertiary/aromatic N) is 4. The van der Waals surface area contributed by atoms with Crippen LogP contribution in [0.3, 0.4) is 0 Å². The molecule has 1 fully saturated rings. The molecule has 3 heterocycles. The number of pyridine rings is 1. The third kappa shape index (κ3) is 3.64. The van der Waals surface area contributed by atoms with Crippen LogP contribution < -0.4 is 9.64 Å². The van der Waals surface area contributed by atoms with Gasteiger partial charge >= 0.3 is 0 Å². The Morgan fingerprint density at radius 3 is 2.60 bits per heavy atom. The third-order valence-corrected chi connectivity index (χ3v) is 5.31. The second kappa shape index (κ2) is 7.99. The third-order valence-electron chi connectivity index (χ3n) is 5.31. The molecule has 1 aliphatic rings. The minimum absolute atomic E-state index is 0.481. The number of anilines is 1. The lowest BCUT2D eigenvalue weighted by Crippen LogP contribution is -2.20. The topological polar surface area (TPSA) is 64.3 Å². The molecule has 1 atom stereocenters. The predicted molar refractivity (Wildman–Crippen MR) is 115 cm³/mol. The summed E-state index contributed by atoms with van der Waals surface area (Å²) < 4.78 is 11.9. The Kier molecular flexibility index (Phi) is 4.89. The van der Waals surface area contributed by atoms with Gasteiger partial charge in [-0.15, -0.1) is 0 Å². The highest BCUT2D eigenvalue weighted by Crippen LogP contribution is 2.42. The zero-order valence-electron chi connectivity index (χ0n) is 16.7. The molecule has 0 saturated carbocycles. The van der Waals surface area contributed by atoms with E-state index in [9.17, 15) is 0 Å². The number of hydrogen-bond donors (Lipinski definition) is 0. The average molecular weight is 398 g/mol. The molecule has 4 aromatic rings. The Balaban J connectivity index is 1.58. The minimum Gasteiger partial charge on any atom is -0.455 e. The molecule has 1 aliphatic heterocycles. The first-order valence-electron chi connectivity index (χ1n) is 10.1. The molecule has 2 aromatic heterocycles. The van der Waals surface area contributed by atoms with Crippen LogP contribution in [-0.2, 0) is 0 Å². The zero-order valence-corrected chi connectivity index (χ0v) is 16.7. The van der Waals surface area contributed by atoms with E-state index in [0.29, 0.717) is 17.6 Å². The van der Waals surface area contributed by atoms with Crippen molar-refractivity contribution >= 4 is 5.69 Å². The van der Waals surface area contributed by atoms with Crippen LogP contribution in [0.4, 0.5) is 5.69 Å². The zero-order chi connectivity index (χ0) is 20.3. The Bertz CT molecular complexity index is 1130. The van der Waals surface area contributed by atoms with Crippen molar-refractivity contribution in [2.45, 2.75) is 13.3 Å². The van der Waals surface area contributed by atoms with Gasteiger partial charge in [-0.3, -0.25) is 4.98 Å². The monoisotopic (exact) mass is 398 g/mol. The van der Waals surface area contributed by atoms with Gasteiger partial charge in [-0.05, 0) is 48.7 Å². The molecule has 0 spiro atoms. The first kappa shape index (κ1) is 18.4. The van der Waals surface area contributed by atoms with Crippen LogP contribution in [0.15, 0.2) is 77.6 Å². The summed E-state index contributed by atoms with van der Waals surface area (Å²) in [5.74, 6) is 3.23. The van der Waals surface area contributed by atoms with E-state index in [1.807, 2.05) is 60.7 Å². The Morgan fingerprint density at radius 2 is 1.83 bits per heavy atom. The lowest BCUT2D eigenvalue weighted by molar-refractivity contribution is 0.431. The maximum atomic E-state index is 6.27. The molecular formula is C24H22N4O2. The normalized spacial score (nSPS) is 16.0. The van der Waals surface area contributed by atoms with E-state index < -0.39 is 0 Å². The summed E-state index contributed by atoms with van der Waals surface area (Å²) in [5, 5.41) is 4.19. The van der Waals surface area contributed by atoms with Crippen molar-refractivity contribution in [1.82, 2.24) is 15.1 Å². The largest absolute Gasteiger partial charge is 0.455 e. The number of hydrogen-bond acceptors (Lipinski definition) is 6. The van der Waals surface area contributed by atoms with E-state index in [4.69, 9.17) is 9.26 Å². The molecule has 6 heteroatoms. The second-order valence-corrected chi connectivity index (χ2v) is 7.57. The maximum absolute atomic E-state index is 6.27. The van der Waals surface area contributed by atoms with Gasteiger partial charge in [-0.25, -0.2) is 0 Å². The van der Waals surface area contributed by atoms with Gasteiger partial charge in [0.15, 0.2) is 5.75 Å². The number of ether oxygens (including phenoxy) is 1. The predicted octanol–water partition coefficient (Wildman–Crippen LogP) is 5.44. The fourth-order valence-electron chi connectivity index (χ4n) is 3.81. The van der Waals surface area contributed by atoms with Crippen molar-refractivity contribution in [1.29, 1.82) is 0 Å². The Morgan fingerprint density at radius 1 is 1.00 bits per heavy atom. The van der Waals surface area contributed by atoms with Crippen molar-refractivity contribution in [2.75, 3.05) is 18.0 Å². The molecule has 0 amide bonds. The van der Waals surface area contributed by atoms with Gasteiger partial charge in [0.2, 0.25) is 5.82 Å². The van der Waals surface area contributed by atoms with E-state index in [-0.39, 0.29) is 0 Å². The van der Waals surface area contributed by atoms with Gasteiger partial charge in [0.1, 0.15) is 5.75 Å². The minimum atomic E-state index is 0.481. The smallest absolute Gasteiger partial charge is 0.260 e. The van der Waals surface area contributed by atoms with Gasteiger partial charge in [-0.2, -0.15) is 4.98 Å². The van der Waals surface area contributed by atoms with Crippen molar-refractivity contribution < 1.29 is 9.26 Å². The summed E-state index contributed by atoms with van der Waals surface area (Å²) in [7, 11) is 0. The maximum Gasteiger partial charge on any atom is 0.260 e. The van der Waals surface area contributed by atoms with Crippen molar-refractivity contribution in [3.05, 3.63) is 73.1 Å². The molecule has 5 rings (SSSR count). The van der Waals surface area contributed by atoms with Crippen LogP contribution in [0.25, 0.3) is 22.8 Å². The highest BCUT2D eigenvalue weighted by Gasteiger charge is 2.27. The lowest BCUT2D eigenvalue weighted by atomic mass is 10.1. The van der Waals surface area contributed by atoms with E-state index in [2.05, 4.69) is 26.9 Å². The summed E-state index contributed by atoms with van der Waals surface area (Å²) in [4.78, 5) is 11.1. The van der Waals surface area contributed by atoms with Crippen molar-refractivity contribution in [3.63, 3.8) is 0 Å². The molecule has 6 nitrogen and oxygen atoms in total. The van der Waals surface area contributed by atoms with Crippen molar-refractivity contribution in [2.24, 2.45) is 5.92 Å². The molecule has 2 aromatic carbocycles. The van der Waals surface area contributed by atoms with Gasteiger partial charge < -0.3 is 14.2 Å². The Labute approximate surface area is 175 Å². The summed E-state index contributed by atoms with van der Waals surface area (Å²) in [6.45, 7) is 4.21. The standard InChI is InChI=1S/C24H22N4O2/c1-17-12-15-28(16-17)22-20(8-5-9-21(22)29-19-6-3-2-4-7-19)24-26-23(27-30-24)18-10-13-25-14-11-18/h2-11,13-14,17H,12,15-16H2,1H3. The first-order chi connectivity index (χ1) is 14.8. The summed E-state index contributed by atoms with van der Waals surface area (Å²) in [6.07, 6.45) is 4.58. The molecule has 0 radical (unpaired) electrons. The van der Waals surface area contributed by atoms with Gasteiger partial charge in [-0.1, -0.05) is 36.3 Å². The molecule has 150 valence electrons. The number of rotatable bonds is 5. The lowest BCUT2D eigenvalue weighted by Gasteiger charge is -2.23. The average Bonchev–Trinajstić information content (AvgIpc) is 3.44. The van der Waals surface area contributed by atoms with E-state index >= 15 is 0 Å². The van der Waals surface area contributed by atoms with Crippen LogP contribution >= 0.6 is 0 Å². The SMILES string of the molecule is CC1CCN(c2c(Oc3ccccc3)cccc2-c2nc(-c3ccncc3)no2)C1. The molecule has 0 bridgehead atoms. The first-order valence-corrected chi connectivity index (χ1v) is 10.1. The van der Waals surface area contributed by atoms with Crippen molar-refractivity contribution in [3.8, 4) is 34.3 Å². The van der Waals surface area contributed by atoms with E-state index in [0.717, 1.165) is 47.8 Å². The Hall–Kier alpha value is -3.67. The highest BCUT2D eigenvalue weighted by atomic mass is 16.5.